The number of carbonyl (C=O) groups excluding carboxylic acids is 1. The maximum absolute atomic E-state index is 12.1. The van der Waals surface area contributed by atoms with E-state index in [1.165, 1.54) is 25.0 Å². The minimum atomic E-state index is -0.209. The van der Waals surface area contributed by atoms with E-state index >= 15 is 0 Å². The van der Waals surface area contributed by atoms with Crippen molar-refractivity contribution >= 4 is 5.91 Å². The van der Waals surface area contributed by atoms with Gasteiger partial charge < -0.3 is 14.8 Å². The number of aryl methyl sites for hydroxylation is 1. The van der Waals surface area contributed by atoms with Crippen molar-refractivity contribution in [3.05, 3.63) is 52.4 Å². The lowest BCUT2D eigenvalue weighted by atomic mass is 10.2. The zero-order valence-electron chi connectivity index (χ0n) is 13.1. The maximum atomic E-state index is 12.1. The van der Waals surface area contributed by atoms with Crippen LogP contribution in [-0.2, 0) is 6.54 Å². The molecule has 1 heterocycles. The Morgan fingerprint density at radius 1 is 1.22 bits per heavy atom. The summed E-state index contributed by atoms with van der Waals surface area (Å²) in [5.74, 6) is 0.859. The number of benzene rings is 1. The van der Waals surface area contributed by atoms with Gasteiger partial charge in [-0.15, -0.1) is 0 Å². The molecular weight excluding hydrogens is 298 g/mol. The number of carbonyl (C=O) groups is 1. The summed E-state index contributed by atoms with van der Waals surface area (Å²) in [7, 11) is 3.06. The lowest BCUT2D eigenvalue weighted by Crippen LogP contribution is -2.27. The van der Waals surface area contributed by atoms with E-state index in [0.717, 1.165) is 0 Å². The highest BCUT2D eigenvalue weighted by molar-refractivity contribution is 5.94. The van der Waals surface area contributed by atoms with Crippen molar-refractivity contribution in [1.82, 2.24) is 15.1 Å². The summed E-state index contributed by atoms with van der Waals surface area (Å²) in [6.45, 7) is 0.891. The Morgan fingerprint density at radius 3 is 2.70 bits per heavy atom. The molecule has 1 N–H and O–H groups in total. The Morgan fingerprint density at radius 2 is 2.00 bits per heavy atom. The Kier molecular flexibility index (Phi) is 5.74. The number of nitrogens with zero attached hydrogens (tertiary/aromatic N) is 2. The summed E-state index contributed by atoms with van der Waals surface area (Å²) in [6, 6.07) is 8.02. The summed E-state index contributed by atoms with van der Waals surface area (Å²) in [5.41, 5.74) is 0.330. The van der Waals surface area contributed by atoms with Crippen LogP contribution in [0, 0.1) is 0 Å². The Hall–Kier alpha value is -2.83. The fourth-order valence-corrected chi connectivity index (χ4v) is 2.07. The first kappa shape index (κ1) is 16.5. The second-order valence-electron chi connectivity index (χ2n) is 4.76. The predicted octanol–water partition coefficient (Wildman–Crippen LogP) is 1.08. The summed E-state index contributed by atoms with van der Waals surface area (Å²) < 4.78 is 11.7. The number of hydrogen-bond acceptors (Lipinski definition) is 5. The molecular formula is C16H19N3O4. The Bertz CT molecular complexity index is 727. The normalized spacial score (nSPS) is 10.2. The van der Waals surface area contributed by atoms with Crippen LogP contribution in [0.25, 0.3) is 0 Å². The van der Waals surface area contributed by atoms with Crippen LogP contribution in [0.3, 0.4) is 0 Å². The molecule has 7 nitrogen and oxygen atoms in total. The van der Waals surface area contributed by atoms with Crippen LogP contribution in [-0.4, -0.2) is 36.5 Å². The van der Waals surface area contributed by atoms with Gasteiger partial charge in [0.15, 0.2) is 11.5 Å². The molecule has 0 unspecified atom stereocenters. The van der Waals surface area contributed by atoms with Crippen LogP contribution in [0.15, 0.2) is 41.3 Å². The molecule has 1 aromatic heterocycles. The van der Waals surface area contributed by atoms with Gasteiger partial charge in [-0.05, 0) is 30.7 Å². The van der Waals surface area contributed by atoms with Crippen molar-refractivity contribution in [1.29, 1.82) is 0 Å². The Labute approximate surface area is 133 Å². The monoisotopic (exact) mass is 317 g/mol. The van der Waals surface area contributed by atoms with Gasteiger partial charge in [0.2, 0.25) is 0 Å². The van der Waals surface area contributed by atoms with Gasteiger partial charge in [-0.25, -0.2) is 4.68 Å². The molecule has 1 aromatic carbocycles. The smallest absolute Gasteiger partial charge is 0.266 e. The fraction of sp³-hybridized carbons (Fsp3) is 0.312. The van der Waals surface area contributed by atoms with E-state index in [1.54, 1.807) is 30.5 Å². The molecule has 0 saturated carbocycles. The quantitative estimate of drug-likeness (QED) is 0.773. The van der Waals surface area contributed by atoms with Gasteiger partial charge in [0.05, 0.1) is 14.2 Å². The summed E-state index contributed by atoms with van der Waals surface area (Å²) in [4.78, 5) is 23.6. The van der Waals surface area contributed by atoms with Crippen molar-refractivity contribution in [3.8, 4) is 11.5 Å². The average molecular weight is 317 g/mol. The number of aromatic nitrogens is 2. The molecule has 2 aromatic rings. The average Bonchev–Trinajstić information content (AvgIpc) is 2.59. The van der Waals surface area contributed by atoms with Crippen LogP contribution in [0.5, 0.6) is 11.5 Å². The molecule has 0 atom stereocenters. The standard InChI is InChI=1S/C16H19N3O4/c1-22-13-7-6-12(11-14(13)23-2)16(21)17-8-4-10-19-15(20)5-3-9-18-19/h3,5-7,9,11H,4,8,10H2,1-2H3,(H,17,21). The number of amides is 1. The topological polar surface area (TPSA) is 82.5 Å². The van der Waals surface area contributed by atoms with Gasteiger partial charge in [-0.2, -0.15) is 5.10 Å². The van der Waals surface area contributed by atoms with Crippen molar-refractivity contribution < 1.29 is 14.3 Å². The highest BCUT2D eigenvalue weighted by atomic mass is 16.5. The number of hydrogen-bond donors (Lipinski definition) is 1. The number of nitrogens with one attached hydrogen (secondary N) is 1. The highest BCUT2D eigenvalue weighted by Crippen LogP contribution is 2.27. The molecule has 122 valence electrons. The van der Waals surface area contributed by atoms with Gasteiger partial charge in [-0.3, -0.25) is 9.59 Å². The van der Waals surface area contributed by atoms with E-state index in [0.29, 0.717) is 36.6 Å². The summed E-state index contributed by atoms with van der Waals surface area (Å²) in [5, 5.41) is 6.75. The molecule has 0 aliphatic heterocycles. The first-order valence-electron chi connectivity index (χ1n) is 7.18. The van der Waals surface area contributed by atoms with Crippen molar-refractivity contribution in [3.63, 3.8) is 0 Å². The molecule has 0 bridgehead atoms. The zero-order chi connectivity index (χ0) is 16.7. The molecule has 23 heavy (non-hydrogen) atoms. The van der Waals surface area contributed by atoms with E-state index in [4.69, 9.17) is 9.47 Å². The highest BCUT2D eigenvalue weighted by Gasteiger charge is 2.10. The van der Waals surface area contributed by atoms with Crippen LogP contribution in [0.4, 0.5) is 0 Å². The molecule has 0 spiro atoms. The van der Waals surface area contributed by atoms with Crippen molar-refractivity contribution in [2.75, 3.05) is 20.8 Å². The number of methoxy groups -OCH3 is 2. The van der Waals surface area contributed by atoms with E-state index < -0.39 is 0 Å². The minimum Gasteiger partial charge on any atom is -0.493 e. The van der Waals surface area contributed by atoms with E-state index in [2.05, 4.69) is 10.4 Å². The van der Waals surface area contributed by atoms with Gasteiger partial charge >= 0.3 is 0 Å². The van der Waals surface area contributed by atoms with E-state index in [-0.39, 0.29) is 11.5 Å². The fourth-order valence-electron chi connectivity index (χ4n) is 2.07. The van der Waals surface area contributed by atoms with Crippen LogP contribution in [0.1, 0.15) is 16.8 Å². The second kappa shape index (κ2) is 7.98. The van der Waals surface area contributed by atoms with E-state index in [1.807, 2.05) is 0 Å². The molecule has 1 amide bonds. The van der Waals surface area contributed by atoms with Gasteiger partial charge in [-0.1, -0.05) is 0 Å². The van der Waals surface area contributed by atoms with Crippen molar-refractivity contribution in [2.45, 2.75) is 13.0 Å². The number of rotatable bonds is 7. The largest absolute Gasteiger partial charge is 0.493 e. The first-order chi connectivity index (χ1) is 11.2. The minimum absolute atomic E-state index is 0.154. The predicted molar refractivity (Wildman–Crippen MR) is 85.0 cm³/mol. The lowest BCUT2D eigenvalue weighted by Gasteiger charge is -2.10. The summed E-state index contributed by atoms with van der Waals surface area (Å²) >= 11 is 0. The SMILES string of the molecule is COc1ccc(C(=O)NCCCn2ncccc2=O)cc1OC. The zero-order valence-corrected chi connectivity index (χ0v) is 13.1. The molecule has 7 heteroatoms. The second-order valence-corrected chi connectivity index (χ2v) is 4.76. The maximum Gasteiger partial charge on any atom is 0.266 e. The van der Waals surface area contributed by atoms with E-state index in [9.17, 15) is 9.59 Å². The van der Waals surface area contributed by atoms with Gasteiger partial charge in [0.1, 0.15) is 0 Å². The molecule has 0 aliphatic rings. The third-order valence-corrected chi connectivity index (χ3v) is 3.26. The molecule has 0 fully saturated rings. The molecule has 0 radical (unpaired) electrons. The Balaban J connectivity index is 1.88. The number of ether oxygens (including phenoxy) is 2. The van der Waals surface area contributed by atoms with Crippen LogP contribution < -0.4 is 20.3 Å². The first-order valence-corrected chi connectivity index (χ1v) is 7.18. The summed E-state index contributed by atoms with van der Waals surface area (Å²) in [6.07, 6.45) is 2.17. The molecule has 0 aliphatic carbocycles. The molecule has 2 rings (SSSR count). The third-order valence-electron chi connectivity index (χ3n) is 3.26. The lowest BCUT2D eigenvalue weighted by molar-refractivity contribution is 0.0952. The van der Waals surface area contributed by atoms with Gasteiger partial charge in [0, 0.05) is 30.9 Å². The van der Waals surface area contributed by atoms with Crippen molar-refractivity contribution in [2.24, 2.45) is 0 Å². The third kappa shape index (κ3) is 4.32. The molecule has 0 saturated heterocycles. The van der Waals surface area contributed by atoms with Crippen LogP contribution in [0.2, 0.25) is 0 Å². The van der Waals surface area contributed by atoms with Gasteiger partial charge in [0.25, 0.3) is 11.5 Å². The van der Waals surface area contributed by atoms with Crippen LogP contribution >= 0.6 is 0 Å².